The number of furan rings is 1. The second-order valence-electron chi connectivity index (χ2n) is 4.81. The van der Waals surface area contributed by atoms with Gasteiger partial charge in [0.05, 0.1) is 23.4 Å². The maximum absolute atomic E-state index is 13.1. The lowest BCUT2D eigenvalue weighted by Gasteiger charge is -2.15. The van der Waals surface area contributed by atoms with Crippen molar-refractivity contribution in [3.8, 4) is 0 Å². The van der Waals surface area contributed by atoms with Crippen LogP contribution in [0, 0.1) is 5.82 Å². The van der Waals surface area contributed by atoms with Crippen LogP contribution >= 0.6 is 11.8 Å². The highest BCUT2D eigenvalue weighted by Crippen LogP contribution is 2.33. The molecule has 0 unspecified atom stereocenters. The van der Waals surface area contributed by atoms with E-state index in [0.717, 1.165) is 0 Å². The monoisotopic (exact) mass is 331 g/mol. The van der Waals surface area contributed by atoms with Crippen molar-refractivity contribution in [1.29, 1.82) is 0 Å². The molecule has 7 heteroatoms. The van der Waals surface area contributed by atoms with E-state index in [-0.39, 0.29) is 17.0 Å². The molecular formula is C16H14FN3O2S. The highest BCUT2D eigenvalue weighted by Gasteiger charge is 2.38. The maximum atomic E-state index is 13.1. The van der Waals surface area contributed by atoms with Crippen molar-refractivity contribution in [3.05, 3.63) is 54.2 Å². The molecule has 1 aromatic carbocycles. The molecule has 1 fully saturated rings. The summed E-state index contributed by atoms with van der Waals surface area (Å²) in [6, 6.07) is 9.24. The topological polar surface area (TPSA) is 58.2 Å². The first-order chi connectivity index (χ1) is 11.2. The SMILES string of the molecule is CC[C@@H]1S/C(=N/N=C\c2ccco2)N(c2ccc(F)cc2)C1=O. The van der Waals surface area contributed by atoms with Gasteiger partial charge in [0.25, 0.3) is 0 Å². The van der Waals surface area contributed by atoms with Gasteiger partial charge in [-0.3, -0.25) is 9.69 Å². The lowest BCUT2D eigenvalue weighted by molar-refractivity contribution is -0.116. The summed E-state index contributed by atoms with van der Waals surface area (Å²) < 4.78 is 18.2. The van der Waals surface area contributed by atoms with Crippen LogP contribution in [-0.2, 0) is 4.79 Å². The number of thioether (sulfide) groups is 1. The van der Waals surface area contributed by atoms with E-state index in [1.165, 1.54) is 35.0 Å². The van der Waals surface area contributed by atoms with Gasteiger partial charge in [-0.2, -0.15) is 5.10 Å². The number of halogens is 1. The number of carbonyl (C=O) groups excluding carboxylic acids is 1. The van der Waals surface area contributed by atoms with Crippen LogP contribution in [0.2, 0.25) is 0 Å². The number of amides is 1. The number of benzene rings is 1. The molecule has 2 heterocycles. The minimum Gasteiger partial charge on any atom is -0.463 e. The Kier molecular flexibility index (Phi) is 4.57. The molecule has 3 rings (SSSR count). The normalized spacial score (nSPS) is 20.1. The number of hydrogen-bond acceptors (Lipinski definition) is 5. The Morgan fingerprint density at radius 3 is 2.78 bits per heavy atom. The van der Waals surface area contributed by atoms with Crippen molar-refractivity contribution >= 4 is 34.7 Å². The number of hydrogen-bond donors (Lipinski definition) is 0. The first-order valence-electron chi connectivity index (χ1n) is 7.09. The summed E-state index contributed by atoms with van der Waals surface area (Å²) in [5.41, 5.74) is 0.576. The summed E-state index contributed by atoms with van der Waals surface area (Å²) >= 11 is 1.35. The van der Waals surface area contributed by atoms with E-state index in [4.69, 9.17) is 4.42 Å². The standard InChI is InChI=1S/C16H14FN3O2S/c1-2-14-15(21)20(12-7-5-11(17)6-8-12)16(23-14)19-18-10-13-4-3-9-22-13/h3-10,14H,2H2,1H3/b18-10-,19-16+/t14-/m0/s1. The van der Waals surface area contributed by atoms with E-state index in [1.807, 2.05) is 6.92 Å². The van der Waals surface area contributed by atoms with Crippen molar-refractivity contribution in [2.45, 2.75) is 18.6 Å². The van der Waals surface area contributed by atoms with Gasteiger partial charge in [0.15, 0.2) is 5.17 Å². The van der Waals surface area contributed by atoms with E-state index < -0.39 is 0 Å². The van der Waals surface area contributed by atoms with E-state index in [9.17, 15) is 9.18 Å². The van der Waals surface area contributed by atoms with Crippen LogP contribution in [0.15, 0.2) is 57.3 Å². The third-order valence-electron chi connectivity index (χ3n) is 3.26. The van der Waals surface area contributed by atoms with Gasteiger partial charge in [0.1, 0.15) is 11.6 Å². The molecule has 0 aliphatic carbocycles. The Balaban J connectivity index is 1.89. The smallest absolute Gasteiger partial charge is 0.246 e. The van der Waals surface area contributed by atoms with Crippen LogP contribution in [-0.4, -0.2) is 22.5 Å². The summed E-state index contributed by atoms with van der Waals surface area (Å²) in [5.74, 6) is 0.148. The number of amidine groups is 1. The van der Waals surface area contributed by atoms with Crippen molar-refractivity contribution in [2.75, 3.05) is 4.90 Å². The third kappa shape index (κ3) is 3.34. The van der Waals surface area contributed by atoms with Gasteiger partial charge < -0.3 is 4.42 Å². The van der Waals surface area contributed by atoms with Crippen LogP contribution in [0.5, 0.6) is 0 Å². The first-order valence-corrected chi connectivity index (χ1v) is 7.97. The molecule has 118 valence electrons. The predicted molar refractivity (Wildman–Crippen MR) is 89.3 cm³/mol. The highest BCUT2D eigenvalue weighted by atomic mass is 32.2. The van der Waals surface area contributed by atoms with Gasteiger partial charge in [-0.25, -0.2) is 4.39 Å². The maximum Gasteiger partial charge on any atom is 0.246 e. The van der Waals surface area contributed by atoms with Crippen molar-refractivity contribution in [1.82, 2.24) is 0 Å². The van der Waals surface area contributed by atoms with Gasteiger partial charge in [0.2, 0.25) is 5.91 Å². The van der Waals surface area contributed by atoms with E-state index in [0.29, 0.717) is 23.0 Å². The van der Waals surface area contributed by atoms with Gasteiger partial charge in [-0.1, -0.05) is 18.7 Å². The third-order valence-corrected chi connectivity index (χ3v) is 4.56. The molecule has 5 nitrogen and oxygen atoms in total. The molecule has 0 radical (unpaired) electrons. The zero-order valence-corrected chi connectivity index (χ0v) is 13.2. The van der Waals surface area contributed by atoms with Crippen molar-refractivity contribution in [3.63, 3.8) is 0 Å². The molecular weight excluding hydrogens is 317 g/mol. The molecule has 0 saturated carbocycles. The summed E-state index contributed by atoms with van der Waals surface area (Å²) in [6.45, 7) is 1.94. The fourth-order valence-corrected chi connectivity index (χ4v) is 3.15. The summed E-state index contributed by atoms with van der Waals surface area (Å²) in [5, 5.41) is 8.36. The summed E-state index contributed by atoms with van der Waals surface area (Å²) in [6.07, 6.45) is 3.70. The zero-order chi connectivity index (χ0) is 16.2. The average molecular weight is 331 g/mol. The molecule has 1 aliphatic rings. The molecule has 1 atom stereocenters. The Labute approximate surface area is 136 Å². The number of carbonyl (C=O) groups is 1. The minimum atomic E-state index is -0.352. The average Bonchev–Trinajstić information content (AvgIpc) is 3.17. The van der Waals surface area contributed by atoms with Crippen molar-refractivity contribution in [2.24, 2.45) is 10.2 Å². The fraction of sp³-hybridized carbons (Fsp3) is 0.188. The van der Waals surface area contributed by atoms with E-state index in [1.54, 1.807) is 30.5 Å². The Bertz CT molecular complexity index is 741. The van der Waals surface area contributed by atoms with Crippen LogP contribution in [0.4, 0.5) is 10.1 Å². The molecule has 23 heavy (non-hydrogen) atoms. The minimum absolute atomic E-state index is 0.0731. The largest absolute Gasteiger partial charge is 0.463 e. The second kappa shape index (κ2) is 6.78. The Morgan fingerprint density at radius 1 is 1.35 bits per heavy atom. The Morgan fingerprint density at radius 2 is 2.13 bits per heavy atom. The predicted octanol–water partition coefficient (Wildman–Crippen LogP) is 3.67. The molecule has 0 bridgehead atoms. The van der Waals surface area contributed by atoms with Crippen LogP contribution in [0.3, 0.4) is 0 Å². The van der Waals surface area contributed by atoms with Crippen LogP contribution in [0.1, 0.15) is 19.1 Å². The summed E-state index contributed by atoms with van der Waals surface area (Å²) in [4.78, 5) is 14.0. The van der Waals surface area contributed by atoms with Gasteiger partial charge in [-0.15, -0.1) is 5.10 Å². The Hall–Kier alpha value is -2.41. The fourth-order valence-electron chi connectivity index (χ4n) is 2.12. The van der Waals surface area contributed by atoms with Gasteiger partial charge in [0, 0.05) is 0 Å². The lowest BCUT2D eigenvalue weighted by Crippen LogP contribution is -2.31. The number of anilines is 1. The lowest BCUT2D eigenvalue weighted by atomic mass is 10.2. The molecule has 1 aliphatic heterocycles. The molecule has 1 amide bonds. The van der Waals surface area contributed by atoms with Crippen LogP contribution < -0.4 is 4.90 Å². The molecule has 2 aromatic rings. The van der Waals surface area contributed by atoms with Gasteiger partial charge in [-0.05, 0) is 42.8 Å². The second-order valence-corrected chi connectivity index (χ2v) is 5.98. The summed E-state index contributed by atoms with van der Waals surface area (Å²) in [7, 11) is 0. The first kappa shape index (κ1) is 15.5. The molecule has 1 aromatic heterocycles. The zero-order valence-electron chi connectivity index (χ0n) is 12.3. The number of nitrogens with zero attached hydrogens (tertiary/aromatic N) is 3. The van der Waals surface area contributed by atoms with Gasteiger partial charge >= 0.3 is 0 Å². The van der Waals surface area contributed by atoms with Crippen molar-refractivity contribution < 1.29 is 13.6 Å². The van der Waals surface area contributed by atoms with E-state index in [2.05, 4.69) is 10.2 Å². The van der Waals surface area contributed by atoms with Crippen LogP contribution in [0.25, 0.3) is 0 Å². The molecule has 1 saturated heterocycles. The number of rotatable bonds is 4. The van der Waals surface area contributed by atoms with E-state index >= 15 is 0 Å². The quantitative estimate of drug-likeness (QED) is 0.634. The highest BCUT2D eigenvalue weighted by molar-refractivity contribution is 8.16. The molecule has 0 N–H and O–H groups in total. The molecule has 0 spiro atoms.